The molecule has 2 bridgehead atoms. The van der Waals surface area contributed by atoms with Crippen LogP contribution in [0.2, 0.25) is 0 Å². The molecule has 1 aromatic rings. The summed E-state index contributed by atoms with van der Waals surface area (Å²) in [6.45, 7) is 1.72. The molecule has 0 aromatic heterocycles. The van der Waals surface area contributed by atoms with E-state index in [0.29, 0.717) is 17.0 Å². The van der Waals surface area contributed by atoms with Crippen LogP contribution in [0.3, 0.4) is 0 Å². The highest BCUT2D eigenvalue weighted by atomic mass is 32.2. The Hall–Kier alpha value is -1.61. The first-order valence-electron chi connectivity index (χ1n) is 10.6. The summed E-state index contributed by atoms with van der Waals surface area (Å²) in [5.41, 5.74) is -4.61. The number of rotatable bonds is 4. The second-order valence-electron chi connectivity index (χ2n) is 9.20. The summed E-state index contributed by atoms with van der Waals surface area (Å²) in [7, 11) is -5.75. The fraction of sp³-hybridized carbons (Fsp3) is 0.667. The summed E-state index contributed by atoms with van der Waals surface area (Å²) < 4.78 is 65.7. The standard InChI is InChI=1S/C21H24F3NO4S/c22-21(23,24)30(27,28)29-14-6-7-15-17(11-14)20-8-2-1-3-16(20)18(19(15)26)25(10-9-20)12-13-4-5-13/h6-7,11,13,16,18H,1-5,8-10,12H2/t16-,18-,20+/m0/s1. The molecular formula is C21H24F3NO4S. The van der Waals surface area contributed by atoms with Crippen LogP contribution in [-0.2, 0) is 15.5 Å². The van der Waals surface area contributed by atoms with Crippen LogP contribution >= 0.6 is 0 Å². The van der Waals surface area contributed by atoms with E-state index in [2.05, 4.69) is 9.08 Å². The average molecular weight is 443 g/mol. The molecular weight excluding hydrogens is 419 g/mol. The predicted molar refractivity (Wildman–Crippen MR) is 103 cm³/mol. The lowest BCUT2D eigenvalue weighted by Crippen LogP contribution is -2.63. The molecule has 1 saturated heterocycles. The van der Waals surface area contributed by atoms with Gasteiger partial charge in [0.2, 0.25) is 0 Å². The minimum Gasteiger partial charge on any atom is -0.376 e. The lowest BCUT2D eigenvalue weighted by Gasteiger charge is -2.58. The van der Waals surface area contributed by atoms with E-state index in [9.17, 15) is 26.4 Å². The lowest BCUT2D eigenvalue weighted by molar-refractivity contribution is -0.0500. The van der Waals surface area contributed by atoms with Crippen molar-refractivity contribution in [1.82, 2.24) is 4.90 Å². The second kappa shape index (κ2) is 6.69. The highest BCUT2D eigenvalue weighted by Crippen LogP contribution is 2.56. The number of hydrogen-bond acceptors (Lipinski definition) is 5. The van der Waals surface area contributed by atoms with Gasteiger partial charge in [-0.3, -0.25) is 9.69 Å². The molecule has 164 valence electrons. The van der Waals surface area contributed by atoms with E-state index >= 15 is 0 Å². The molecule has 30 heavy (non-hydrogen) atoms. The van der Waals surface area contributed by atoms with Gasteiger partial charge in [0.25, 0.3) is 0 Å². The number of halogens is 3. The smallest absolute Gasteiger partial charge is 0.376 e. The van der Waals surface area contributed by atoms with Crippen molar-refractivity contribution in [2.45, 2.75) is 61.9 Å². The number of fused-ring (bicyclic) bond motifs is 1. The van der Waals surface area contributed by atoms with Crippen LogP contribution in [0.1, 0.15) is 60.9 Å². The van der Waals surface area contributed by atoms with Gasteiger partial charge >= 0.3 is 15.6 Å². The molecule has 0 radical (unpaired) electrons. The Morgan fingerprint density at radius 1 is 1.13 bits per heavy atom. The summed E-state index contributed by atoms with van der Waals surface area (Å²) in [6.07, 6.45) is 7.03. The minimum absolute atomic E-state index is 0.0121. The van der Waals surface area contributed by atoms with Crippen LogP contribution in [-0.4, -0.2) is 43.7 Å². The maximum absolute atomic E-state index is 13.5. The van der Waals surface area contributed by atoms with Crippen LogP contribution in [0.25, 0.3) is 0 Å². The highest BCUT2D eigenvalue weighted by Gasteiger charge is 2.57. The van der Waals surface area contributed by atoms with Gasteiger partial charge in [-0.1, -0.05) is 12.8 Å². The van der Waals surface area contributed by atoms with Gasteiger partial charge in [0.1, 0.15) is 5.75 Å². The van der Waals surface area contributed by atoms with Gasteiger partial charge in [-0.25, -0.2) is 0 Å². The summed E-state index contributed by atoms with van der Waals surface area (Å²) >= 11 is 0. The minimum atomic E-state index is -5.75. The Morgan fingerprint density at radius 2 is 1.90 bits per heavy atom. The van der Waals surface area contributed by atoms with Crippen molar-refractivity contribution in [3.8, 4) is 5.75 Å². The summed E-state index contributed by atoms with van der Waals surface area (Å²) in [4.78, 5) is 15.8. The monoisotopic (exact) mass is 443 g/mol. The summed E-state index contributed by atoms with van der Waals surface area (Å²) in [5, 5.41) is 0. The van der Waals surface area contributed by atoms with Crippen LogP contribution < -0.4 is 4.18 Å². The number of carbonyl (C=O) groups is 1. The van der Waals surface area contributed by atoms with Crippen molar-refractivity contribution in [1.29, 1.82) is 0 Å². The third kappa shape index (κ3) is 3.07. The largest absolute Gasteiger partial charge is 0.534 e. The van der Waals surface area contributed by atoms with E-state index in [4.69, 9.17) is 0 Å². The maximum atomic E-state index is 13.5. The number of ketones is 1. The van der Waals surface area contributed by atoms with E-state index in [-0.39, 0.29) is 28.9 Å². The van der Waals surface area contributed by atoms with Crippen molar-refractivity contribution in [2.24, 2.45) is 11.8 Å². The second-order valence-corrected chi connectivity index (χ2v) is 10.7. The number of alkyl halides is 3. The van der Waals surface area contributed by atoms with E-state index in [1.807, 2.05) is 0 Å². The molecule has 1 heterocycles. The van der Waals surface area contributed by atoms with E-state index in [1.165, 1.54) is 31.0 Å². The number of likely N-dealkylation sites (tertiary alicyclic amines) is 1. The molecule has 9 heteroatoms. The van der Waals surface area contributed by atoms with Gasteiger partial charge in [0.05, 0.1) is 6.04 Å². The quantitative estimate of drug-likeness (QED) is 0.520. The number of Topliss-reactive ketones (excluding diaryl/α,β-unsaturated/α-hetero) is 1. The van der Waals surface area contributed by atoms with Crippen molar-refractivity contribution < 1.29 is 30.6 Å². The number of hydrogen-bond donors (Lipinski definition) is 0. The number of nitrogens with zero attached hydrogens (tertiary/aromatic N) is 1. The lowest BCUT2D eigenvalue weighted by atomic mass is 9.52. The van der Waals surface area contributed by atoms with E-state index < -0.39 is 15.6 Å². The molecule has 3 fully saturated rings. The zero-order valence-electron chi connectivity index (χ0n) is 16.5. The molecule has 0 unspecified atom stereocenters. The van der Waals surface area contributed by atoms with Gasteiger partial charge in [0, 0.05) is 17.5 Å². The molecule has 2 saturated carbocycles. The fourth-order valence-electron chi connectivity index (χ4n) is 5.96. The van der Waals surface area contributed by atoms with Gasteiger partial charge < -0.3 is 4.18 Å². The van der Waals surface area contributed by atoms with Crippen LogP contribution in [0.15, 0.2) is 18.2 Å². The zero-order valence-corrected chi connectivity index (χ0v) is 17.3. The van der Waals surface area contributed by atoms with Gasteiger partial charge in [-0.2, -0.15) is 21.6 Å². The molecule has 5 nitrogen and oxygen atoms in total. The third-order valence-electron chi connectivity index (χ3n) is 7.46. The molecule has 3 aliphatic carbocycles. The predicted octanol–water partition coefficient (Wildman–Crippen LogP) is 4.02. The number of carbonyl (C=O) groups excluding carboxylic acids is 1. The van der Waals surface area contributed by atoms with Crippen molar-refractivity contribution in [3.05, 3.63) is 29.3 Å². The molecule has 0 spiro atoms. The topological polar surface area (TPSA) is 63.7 Å². The van der Waals surface area contributed by atoms with Crippen LogP contribution in [0, 0.1) is 11.8 Å². The zero-order chi connectivity index (χ0) is 21.3. The SMILES string of the molecule is O=C1c2ccc(OS(=O)(=O)C(F)(F)F)cc2[C@@]23CCCC[C@H]2[C@@H]1N(CC1CC1)CC3. The first-order valence-corrected chi connectivity index (χ1v) is 12.0. The number of benzene rings is 1. The Kier molecular flexibility index (Phi) is 4.53. The Bertz CT molecular complexity index is 988. The third-order valence-corrected chi connectivity index (χ3v) is 8.44. The molecule has 0 N–H and O–H groups in total. The fourth-order valence-corrected chi connectivity index (χ4v) is 6.41. The van der Waals surface area contributed by atoms with E-state index in [0.717, 1.165) is 45.2 Å². The van der Waals surface area contributed by atoms with Gasteiger partial charge in [-0.15, -0.1) is 0 Å². The van der Waals surface area contributed by atoms with E-state index in [1.54, 1.807) is 0 Å². The van der Waals surface area contributed by atoms with Crippen LogP contribution in [0.4, 0.5) is 13.2 Å². The average Bonchev–Trinajstić information content (AvgIpc) is 3.49. The molecule has 1 aliphatic heterocycles. The Balaban J connectivity index is 1.56. The molecule has 3 atom stereocenters. The number of piperidine rings is 1. The van der Waals surface area contributed by atoms with Crippen molar-refractivity contribution >= 4 is 15.9 Å². The molecule has 0 amide bonds. The van der Waals surface area contributed by atoms with Gasteiger partial charge in [-0.05, 0) is 74.2 Å². The molecule has 5 rings (SSSR count). The normalized spacial score (nSPS) is 31.8. The molecule has 1 aromatic carbocycles. The van der Waals surface area contributed by atoms with Gasteiger partial charge in [0.15, 0.2) is 5.78 Å². The summed E-state index contributed by atoms with van der Waals surface area (Å²) in [5.74, 6) is 0.418. The first kappa shape index (κ1) is 20.3. The van der Waals surface area contributed by atoms with Crippen molar-refractivity contribution in [3.63, 3.8) is 0 Å². The Morgan fingerprint density at radius 3 is 2.60 bits per heavy atom. The summed E-state index contributed by atoms with van der Waals surface area (Å²) in [6, 6.07) is 3.82. The maximum Gasteiger partial charge on any atom is 0.534 e. The Labute approximate surface area is 173 Å². The molecule has 4 aliphatic rings. The highest BCUT2D eigenvalue weighted by molar-refractivity contribution is 7.88. The van der Waals surface area contributed by atoms with Crippen LogP contribution in [0.5, 0.6) is 5.75 Å². The van der Waals surface area contributed by atoms with Crippen molar-refractivity contribution in [2.75, 3.05) is 13.1 Å². The first-order chi connectivity index (χ1) is 14.1.